The molecule has 0 fully saturated rings. The van der Waals surface area contributed by atoms with Crippen LogP contribution in [0.1, 0.15) is 135 Å². The summed E-state index contributed by atoms with van der Waals surface area (Å²) in [5, 5.41) is 0. The van der Waals surface area contributed by atoms with E-state index < -0.39 is 0 Å². The van der Waals surface area contributed by atoms with Crippen molar-refractivity contribution in [1.82, 2.24) is 0 Å². The third-order valence-electron chi connectivity index (χ3n) is 7.13. The number of carbonyl (C=O) groups excluding carboxylic acids is 1. The van der Waals surface area contributed by atoms with Crippen LogP contribution in [0.3, 0.4) is 0 Å². The van der Waals surface area contributed by atoms with Crippen molar-refractivity contribution in [1.29, 1.82) is 0 Å². The zero-order chi connectivity index (χ0) is 23.6. The first kappa shape index (κ1) is 27.7. The Kier molecular flexibility index (Phi) is 14.3. The van der Waals surface area contributed by atoms with Gasteiger partial charge in [0, 0.05) is 12.8 Å². The van der Waals surface area contributed by atoms with E-state index in [0.717, 1.165) is 37.9 Å². The van der Waals surface area contributed by atoms with E-state index in [-0.39, 0.29) is 11.6 Å². The molecule has 0 spiro atoms. The molecule has 0 aliphatic carbocycles. The molecule has 1 unspecified atom stereocenters. The molecule has 0 saturated carbocycles. The van der Waals surface area contributed by atoms with Gasteiger partial charge >= 0.3 is 5.97 Å². The minimum atomic E-state index is -0.233. The summed E-state index contributed by atoms with van der Waals surface area (Å²) >= 11 is 0. The lowest BCUT2D eigenvalue weighted by atomic mass is 9.90. The zero-order valence-corrected chi connectivity index (χ0v) is 21.7. The molecule has 1 aliphatic heterocycles. The van der Waals surface area contributed by atoms with Crippen LogP contribution in [0.25, 0.3) is 0 Å². The first-order valence-electron chi connectivity index (χ1n) is 14.1. The fourth-order valence-corrected chi connectivity index (χ4v) is 4.80. The van der Waals surface area contributed by atoms with Gasteiger partial charge in [-0.3, -0.25) is 4.79 Å². The molecule has 0 amide bonds. The maximum absolute atomic E-state index is 12.1. The summed E-state index contributed by atoms with van der Waals surface area (Å²) in [4.78, 5) is 12.1. The molecule has 0 aromatic heterocycles. The van der Waals surface area contributed by atoms with Crippen molar-refractivity contribution >= 4 is 5.97 Å². The smallest absolute Gasteiger partial charge is 0.305 e. The third kappa shape index (κ3) is 12.5. The molecule has 1 aromatic carbocycles. The maximum Gasteiger partial charge on any atom is 0.305 e. The molecule has 3 heteroatoms. The Labute approximate surface area is 204 Å². The van der Waals surface area contributed by atoms with Crippen molar-refractivity contribution in [3.05, 3.63) is 29.8 Å². The second kappa shape index (κ2) is 17.0. The number of rotatable bonds is 19. The highest BCUT2D eigenvalue weighted by Crippen LogP contribution is 2.34. The van der Waals surface area contributed by atoms with Crippen LogP contribution in [-0.4, -0.2) is 18.2 Å². The van der Waals surface area contributed by atoms with E-state index >= 15 is 0 Å². The molecule has 188 valence electrons. The minimum Gasteiger partial charge on any atom is -0.487 e. The summed E-state index contributed by atoms with van der Waals surface area (Å²) in [6.45, 7) is 4.87. The average Bonchev–Trinajstić information content (AvgIpc) is 2.81. The summed E-state index contributed by atoms with van der Waals surface area (Å²) in [6.07, 6.45) is 23.4. The highest BCUT2D eigenvalue weighted by atomic mass is 16.5. The number of aryl methyl sites for hydroxylation is 1. The standard InChI is InChI=1S/C30H50O3/c1-3-4-5-6-7-8-9-10-11-12-13-14-15-16-17-22-29(31)32-26-25-30(2)24-23-27-20-18-19-21-28(27)33-30/h18-21H,3-17,22-26H2,1-2H3. The van der Waals surface area contributed by atoms with Crippen LogP contribution < -0.4 is 4.74 Å². The van der Waals surface area contributed by atoms with Gasteiger partial charge in [0.05, 0.1) is 6.61 Å². The monoisotopic (exact) mass is 458 g/mol. The van der Waals surface area contributed by atoms with Gasteiger partial charge in [-0.05, 0) is 37.8 Å². The topological polar surface area (TPSA) is 35.5 Å². The molecule has 3 nitrogen and oxygen atoms in total. The van der Waals surface area contributed by atoms with E-state index in [0.29, 0.717) is 13.0 Å². The third-order valence-corrected chi connectivity index (χ3v) is 7.13. The zero-order valence-electron chi connectivity index (χ0n) is 21.7. The summed E-state index contributed by atoms with van der Waals surface area (Å²) in [7, 11) is 0. The van der Waals surface area contributed by atoms with Gasteiger partial charge in [0.25, 0.3) is 0 Å². The molecule has 0 N–H and O–H groups in total. The predicted octanol–water partition coefficient (Wildman–Crippen LogP) is 8.97. The Bertz CT molecular complexity index is 641. The number of ether oxygens (including phenoxy) is 2. The molecule has 1 aliphatic rings. The molecular formula is C30H50O3. The summed E-state index contributed by atoms with van der Waals surface area (Å²) < 4.78 is 11.7. The average molecular weight is 459 g/mol. The van der Waals surface area contributed by atoms with E-state index in [9.17, 15) is 4.79 Å². The number of para-hydroxylation sites is 1. The van der Waals surface area contributed by atoms with Gasteiger partial charge in [0.1, 0.15) is 11.4 Å². The van der Waals surface area contributed by atoms with E-state index in [1.54, 1.807) is 0 Å². The lowest BCUT2D eigenvalue weighted by Gasteiger charge is -2.35. The van der Waals surface area contributed by atoms with E-state index in [1.807, 2.05) is 12.1 Å². The van der Waals surface area contributed by atoms with Crippen LogP contribution in [0.15, 0.2) is 24.3 Å². The van der Waals surface area contributed by atoms with Gasteiger partial charge < -0.3 is 9.47 Å². The highest BCUT2D eigenvalue weighted by Gasteiger charge is 2.31. The van der Waals surface area contributed by atoms with Crippen LogP contribution in [-0.2, 0) is 16.0 Å². The molecule has 1 heterocycles. The number of hydrogen-bond donors (Lipinski definition) is 0. The molecule has 33 heavy (non-hydrogen) atoms. The quantitative estimate of drug-likeness (QED) is 0.153. The summed E-state index contributed by atoms with van der Waals surface area (Å²) in [5.74, 6) is 0.930. The van der Waals surface area contributed by atoms with Crippen LogP contribution in [0.5, 0.6) is 5.75 Å². The van der Waals surface area contributed by atoms with Crippen LogP contribution in [0, 0.1) is 0 Å². The van der Waals surface area contributed by atoms with Crippen molar-refractivity contribution in [2.75, 3.05) is 6.61 Å². The largest absolute Gasteiger partial charge is 0.487 e. The minimum absolute atomic E-state index is 0.0514. The first-order chi connectivity index (χ1) is 16.1. The van der Waals surface area contributed by atoms with E-state index in [4.69, 9.17) is 9.47 Å². The number of unbranched alkanes of at least 4 members (excludes halogenated alkanes) is 14. The van der Waals surface area contributed by atoms with Crippen molar-refractivity contribution in [3.8, 4) is 5.75 Å². The first-order valence-corrected chi connectivity index (χ1v) is 14.1. The second-order valence-electron chi connectivity index (χ2n) is 10.3. The lowest BCUT2D eigenvalue weighted by Crippen LogP contribution is -2.37. The molecule has 1 atom stereocenters. The van der Waals surface area contributed by atoms with E-state index in [2.05, 4.69) is 26.0 Å². The lowest BCUT2D eigenvalue weighted by molar-refractivity contribution is -0.145. The molecule has 0 saturated heterocycles. The van der Waals surface area contributed by atoms with Gasteiger partial charge in [-0.1, -0.05) is 115 Å². The molecule has 0 radical (unpaired) electrons. The van der Waals surface area contributed by atoms with Gasteiger partial charge in [0.2, 0.25) is 0 Å². The number of esters is 1. The Morgan fingerprint density at radius 3 is 2.00 bits per heavy atom. The number of fused-ring (bicyclic) bond motifs is 1. The van der Waals surface area contributed by atoms with Crippen molar-refractivity contribution in [3.63, 3.8) is 0 Å². The predicted molar refractivity (Wildman–Crippen MR) is 139 cm³/mol. The summed E-state index contributed by atoms with van der Waals surface area (Å²) in [5.41, 5.74) is 1.05. The Balaban J connectivity index is 1.36. The molecular weight excluding hydrogens is 408 g/mol. The fraction of sp³-hybridized carbons (Fsp3) is 0.767. The van der Waals surface area contributed by atoms with Gasteiger partial charge in [-0.2, -0.15) is 0 Å². The fourth-order valence-electron chi connectivity index (χ4n) is 4.80. The Hall–Kier alpha value is -1.51. The number of hydrogen-bond acceptors (Lipinski definition) is 3. The van der Waals surface area contributed by atoms with Crippen molar-refractivity contribution in [2.24, 2.45) is 0 Å². The van der Waals surface area contributed by atoms with Gasteiger partial charge in [-0.25, -0.2) is 0 Å². The SMILES string of the molecule is CCCCCCCCCCCCCCCCCC(=O)OCCC1(C)CCc2ccccc2O1. The summed E-state index contributed by atoms with van der Waals surface area (Å²) in [6, 6.07) is 8.24. The number of carbonyl (C=O) groups is 1. The Morgan fingerprint density at radius 1 is 0.848 bits per heavy atom. The van der Waals surface area contributed by atoms with Gasteiger partial charge in [-0.15, -0.1) is 0 Å². The number of benzene rings is 1. The molecule has 0 bridgehead atoms. The van der Waals surface area contributed by atoms with Crippen LogP contribution >= 0.6 is 0 Å². The second-order valence-corrected chi connectivity index (χ2v) is 10.3. The van der Waals surface area contributed by atoms with Crippen molar-refractivity contribution < 1.29 is 14.3 Å². The molecule has 1 aromatic rings. The highest BCUT2D eigenvalue weighted by molar-refractivity contribution is 5.69. The van der Waals surface area contributed by atoms with Gasteiger partial charge in [0.15, 0.2) is 0 Å². The van der Waals surface area contributed by atoms with Crippen LogP contribution in [0.2, 0.25) is 0 Å². The maximum atomic E-state index is 12.1. The molecule has 2 rings (SSSR count). The van der Waals surface area contributed by atoms with Crippen molar-refractivity contribution in [2.45, 2.75) is 141 Å². The normalized spacial score (nSPS) is 17.4. The Morgan fingerprint density at radius 2 is 1.39 bits per heavy atom. The van der Waals surface area contributed by atoms with Crippen LogP contribution in [0.4, 0.5) is 0 Å². The van der Waals surface area contributed by atoms with E-state index in [1.165, 1.54) is 89.0 Å².